The fourth-order valence-corrected chi connectivity index (χ4v) is 3.94. The van der Waals surface area contributed by atoms with Crippen LogP contribution >= 0.6 is 11.6 Å². The monoisotopic (exact) mass is 396 g/mol. The molecule has 2 N–H and O–H groups in total. The third-order valence-electron chi connectivity index (χ3n) is 5.70. The Morgan fingerprint density at radius 2 is 2.04 bits per heavy atom. The van der Waals surface area contributed by atoms with Crippen LogP contribution in [0.2, 0.25) is 5.02 Å². The molecule has 0 spiro atoms. The molecule has 1 aromatic carbocycles. The molecular weight excluding hydrogens is 375 g/mol. The lowest BCUT2D eigenvalue weighted by Gasteiger charge is -2.36. The van der Waals surface area contributed by atoms with Crippen LogP contribution in [-0.4, -0.2) is 42.7 Å². The molecule has 3 fully saturated rings. The van der Waals surface area contributed by atoms with Gasteiger partial charge in [-0.05, 0) is 44.2 Å². The van der Waals surface area contributed by atoms with Gasteiger partial charge >= 0.3 is 0 Å². The van der Waals surface area contributed by atoms with E-state index in [1.54, 1.807) is 0 Å². The Labute approximate surface area is 161 Å². The number of carbonyl (C=O) groups excluding carboxylic acids is 2. The number of fused-ring (bicyclic) bond motifs is 1. The molecule has 0 radical (unpaired) electrons. The van der Waals surface area contributed by atoms with Gasteiger partial charge in [-0.3, -0.25) is 9.59 Å². The van der Waals surface area contributed by atoms with Gasteiger partial charge in [0.25, 0.3) is 5.91 Å². The fourth-order valence-electron chi connectivity index (χ4n) is 3.82. The van der Waals surface area contributed by atoms with Gasteiger partial charge in [0.2, 0.25) is 5.91 Å². The summed E-state index contributed by atoms with van der Waals surface area (Å²) >= 11 is 5.61. The first kappa shape index (κ1) is 18.5. The number of rotatable bonds is 8. The Morgan fingerprint density at radius 1 is 1.22 bits per heavy atom. The summed E-state index contributed by atoms with van der Waals surface area (Å²) in [6.45, 7) is -0.0828. The Bertz CT molecular complexity index is 757. The van der Waals surface area contributed by atoms with Gasteiger partial charge in [-0.2, -0.15) is 0 Å². The zero-order valence-corrected chi connectivity index (χ0v) is 15.6. The minimum atomic E-state index is -0.589. The quantitative estimate of drug-likeness (QED) is 0.706. The van der Waals surface area contributed by atoms with E-state index in [0.717, 1.165) is 25.3 Å². The second-order valence-corrected chi connectivity index (χ2v) is 8.03. The maximum atomic E-state index is 13.4. The highest BCUT2D eigenvalue weighted by Gasteiger charge is 2.68. The average molecular weight is 397 g/mol. The van der Waals surface area contributed by atoms with Crippen LogP contribution in [0.1, 0.15) is 32.1 Å². The van der Waals surface area contributed by atoms with Crippen LogP contribution in [-0.2, 0) is 14.3 Å². The van der Waals surface area contributed by atoms with Crippen LogP contribution < -0.4 is 15.4 Å². The zero-order chi connectivity index (χ0) is 19.0. The lowest BCUT2D eigenvalue weighted by molar-refractivity contribution is -0.131. The smallest absolute Gasteiger partial charge is 0.258 e. The van der Waals surface area contributed by atoms with E-state index in [4.69, 9.17) is 21.1 Å². The zero-order valence-electron chi connectivity index (χ0n) is 14.8. The summed E-state index contributed by atoms with van der Waals surface area (Å²) in [6, 6.07) is 4.13. The van der Waals surface area contributed by atoms with Crippen molar-refractivity contribution < 1.29 is 23.5 Å². The Balaban J connectivity index is 1.15. The molecule has 0 saturated heterocycles. The lowest BCUT2D eigenvalue weighted by Crippen LogP contribution is -2.57. The molecule has 3 saturated carbocycles. The number of amides is 2. The van der Waals surface area contributed by atoms with Gasteiger partial charge in [-0.15, -0.1) is 0 Å². The first-order valence-corrected chi connectivity index (χ1v) is 9.63. The largest absolute Gasteiger partial charge is 0.484 e. The van der Waals surface area contributed by atoms with E-state index in [-0.39, 0.29) is 59.4 Å². The second-order valence-electron chi connectivity index (χ2n) is 7.62. The first-order chi connectivity index (χ1) is 12.9. The number of hydrogen-bond donors (Lipinski definition) is 2. The molecule has 8 heteroatoms. The SMILES string of the molecule is O=C(COC1CCC1)NC1CC2(NC(=O)COc3ccc(Cl)c(F)c3)CC12. The highest BCUT2D eigenvalue weighted by atomic mass is 35.5. The summed E-state index contributed by atoms with van der Waals surface area (Å²) in [7, 11) is 0. The van der Waals surface area contributed by atoms with Crippen molar-refractivity contribution in [3.8, 4) is 5.75 Å². The maximum Gasteiger partial charge on any atom is 0.258 e. The Kier molecular flexibility index (Phi) is 4.99. The van der Waals surface area contributed by atoms with Crippen molar-refractivity contribution in [2.75, 3.05) is 13.2 Å². The molecule has 6 nitrogen and oxygen atoms in total. The van der Waals surface area contributed by atoms with Crippen molar-refractivity contribution >= 4 is 23.4 Å². The molecule has 1 aromatic rings. The van der Waals surface area contributed by atoms with Crippen molar-refractivity contribution in [1.82, 2.24) is 10.6 Å². The summed E-state index contributed by atoms with van der Waals surface area (Å²) in [5.41, 5.74) is -0.224. The molecule has 3 aliphatic rings. The van der Waals surface area contributed by atoms with Crippen LogP contribution in [0.4, 0.5) is 4.39 Å². The highest BCUT2D eigenvalue weighted by Crippen LogP contribution is 2.59. The molecule has 146 valence electrons. The predicted octanol–water partition coefficient (Wildman–Crippen LogP) is 2.19. The normalized spacial score (nSPS) is 28.4. The third-order valence-corrected chi connectivity index (χ3v) is 6.01. The number of halogens is 2. The molecule has 0 bridgehead atoms. The van der Waals surface area contributed by atoms with Crippen LogP contribution in [0.25, 0.3) is 0 Å². The molecule has 0 aromatic heterocycles. The summed E-state index contributed by atoms with van der Waals surface area (Å²) in [5, 5.41) is 5.95. The Morgan fingerprint density at radius 3 is 2.70 bits per heavy atom. The summed E-state index contributed by atoms with van der Waals surface area (Å²) in [6.07, 6.45) is 5.07. The van der Waals surface area contributed by atoms with E-state index in [1.165, 1.54) is 18.6 Å². The molecule has 2 amide bonds. The number of carbonyl (C=O) groups is 2. The lowest BCUT2D eigenvalue weighted by atomic mass is 9.86. The van der Waals surface area contributed by atoms with Crippen molar-refractivity contribution in [3.05, 3.63) is 29.0 Å². The summed E-state index contributed by atoms with van der Waals surface area (Å²) in [4.78, 5) is 24.0. The molecule has 0 aliphatic heterocycles. The van der Waals surface area contributed by atoms with Gasteiger partial charge in [-0.1, -0.05) is 11.6 Å². The van der Waals surface area contributed by atoms with Crippen LogP contribution in [0.3, 0.4) is 0 Å². The van der Waals surface area contributed by atoms with E-state index in [1.807, 2.05) is 0 Å². The molecule has 4 rings (SSSR count). The fraction of sp³-hybridized carbons (Fsp3) is 0.579. The van der Waals surface area contributed by atoms with Gasteiger partial charge in [0.05, 0.1) is 11.1 Å². The minimum absolute atomic E-state index is 0.00663. The Hall–Kier alpha value is -1.86. The highest BCUT2D eigenvalue weighted by molar-refractivity contribution is 6.30. The van der Waals surface area contributed by atoms with E-state index in [2.05, 4.69) is 10.6 Å². The third kappa shape index (κ3) is 4.04. The summed E-state index contributed by atoms with van der Waals surface area (Å²) < 4.78 is 24.2. The number of nitrogens with one attached hydrogen (secondary N) is 2. The number of hydrogen-bond acceptors (Lipinski definition) is 4. The van der Waals surface area contributed by atoms with Crippen molar-refractivity contribution in [2.24, 2.45) is 5.92 Å². The van der Waals surface area contributed by atoms with E-state index in [9.17, 15) is 14.0 Å². The van der Waals surface area contributed by atoms with Crippen LogP contribution in [0, 0.1) is 11.7 Å². The molecule has 27 heavy (non-hydrogen) atoms. The van der Waals surface area contributed by atoms with Gasteiger partial charge in [0.1, 0.15) is 18.2 Å². The topological polar surface area (TPSA) is 76.7 Å². The molecule has 3 unspecified atom stereocenters. The first-order valence-electron chi connectivity index (χ1n) is 9.25. The van der Waals surface area contributed by atoms with Gasteiger partial charge in [-0.25, -0.2) is 4.39 Å². The molecular formula is C19H22ClFN2O4. The van der Waals surface area contributed by atoms with E-state index in [0.29, 0.717) is 6.42 Å². The number of benzene rings is 1. The molecule has 3 aliphatic carbocycles. The van der Waals surface area contributed by atoms with Crippen molar-refractivity contribution in [3.63, 3.8) is 0 Å². The molecule has 3 atom stereocenters. The van der Waals surface area contributed by atoms with Crippen LogP contribution in [0.5, 0.6) is 5.75 Å². The van der Waals surface area contributed by atoms with Crippen LogP contribution in [0.15, 0.2) is 18.2 Å². The predicted molar refractivity (Wildman–Crippen MR) is 96.0 cm³/mol. The van der Waals surface area contributed by atoms with Gasteiger partial charge in [0.15, 0.2) is 6.61 Å². The number of ether oxygens (including phenoxy) is 2. The summed E-state index contributed by atoms with van der Waals surface area (Å²) in [5.74, 6) is -0.420. The second kappa shape index (κ2) is 7.28. The molecule has 0 heterocycles. The maximum absolute atomic E-state index is 13.4. The van der Waals surface area contributed by atoms with E-state index >= 15 is 0 Å². The average Bonchev–Trinajstić information content (AvgIpc) is 3.16. The van der Waals surface area contributed by atoms with E-state index < -0.39 is 5.82 Å². The minimum Gasteiger partial charge on any atom is -0.484 e. The van der Waals surface area contributed by atoms with Crippen molar-refractivity contribution in [1.29, 1.82) is 0 Å². The van der Waals surface area contributed by atoms with Gasteiger partial charge in [0, 0.05) is 23.6 Å². The van der Waals surface area contributed by atoms with Gasteiger partial charge < -0.3 is 20.1 Å². The standard InChI is InChI=1S/C19H22ClFN2O4/c20-14-5-4-12(6-15(14)21)27-10-18(25)23-19-7-13(19)16(8-19)22-17(24)9-26-11-2-1-3-11/h4-6,11,13,16H,1-3,7-10H2,(H,22,24)(H,23,25). The van der Waals surface area contributed by atoms with Crippen molar-refractivity contribution in [2.45, 2.75) is 49.8 Å².